The SMILES string of the molecule is CCOC(=O)C1=NN(c2ccc(Cl)cc2)[C@@H](c2ccc(OC)c(OC)c2)N1c1ccc(N2CCOCC2)c(Cl)c1. The predicted octanol–water partition coefficient (Wildman–Crippen LogP) is 5.75. The molecule has 0 spiro atoms. The molecule has 9 nitrogen and oxygen atoms in total. The number of anilines is 3. The second-order valence-corrected chi connectivity index (χ2v) is 9.90. The van der Waals surface area contributed by atoms with Gasteiger partial charge in [-0.3, -0.25) is 4.90 Å². The number of amidine groups is 1. The van der Waals surface area contributed by atoms with Crippen molar-refractivity contribution in [3.8, 4) is 11.5 Å². The van der Waals surface area contributed by atoms with Gasteiger partial charge in [0, 0.05) is 29.4 Å². The number of esters is 1. The molecule has 11 heteroatoms. The highest BCUT2D eigenvalue weighted by atomic mass is 35.5. The standard InChI is InChI=1S/C29H30Cl2N4O5/c1-4-40-29(36)27-32-35(21-8-6-20(30)7-9-21)28(19-5-12-25(37-2)26(17-19)38-3)34(27)22-10-11-24(23(31)18-22)33-13-15-39-16-14-33/h5-12,17-18,28H,4,13-16H2,1-3H3/t28-/m0/s1. The lowest BCUT2D eigenvalue weighted by atomic mass is 10.1. The van der Waals surface area contributed by atoms with E-state index in [0.717, 1.165) is 30.0 Å². The van der Waals surface area contributed by atoms with Gasteiger partial charge in [0.05, 0.1) is 50.4 Å². The maximum absolute atomic E-state index is 13.3. The Bertz CT molecular complexity index is 1400. The lowest BCUT2D eigenvalue weighted by Gasteiger charge is -2.33. The summed E-state index contributed by atoms with van der Waals surface area (Å²) in [6, 6.07) is 18.6. The third kappa shape index (κ3) is 5.50. The number of carbonyl (C=O) groups excluding carboxylic acids is 1. The van der Waals surface area contributed by atoms with Gasteiger partial charge < -0.3 is 23.8 Å². The predicted molar refractivity (Wildman–Crippen MR) is 157 cm³/mol. The summed E-state index contributed by atoms with van der Waals surface area (Å²) in [6.45, 7) is 4.73. The van der Waals surface area contributed by atoms with E-state index in [9.17, 15) is 4.79 Å². The van der Waals surface area contributed by atoms with Gasteiger partial charge in [-0.15, -0.1) is 5.10 Å². The van der Waals surface area contributed by atoms with Gasteiger partial charge in [-0.2, -0.15) is 0 Å². The smallest absolute Gasteiger partial charge is 0.376 e. The fourth-order valence-electron chi connectivity index (χ4n) is 4.83. The Balaban J connectivity index is 1.65. The van der Waals surface area contributed by atoms with Crippen LogP contribution in [-0.2, 0) is 14.3 Å². The minimum Gasteiger partial charge on any atom is -0.493 e. The van der Waals surface area contributed by atoms with Gasteiger partial charge in [-0.1, -0.05) is 29.3 Å². The molecule has 0 radical (unpaired) electrons. The minimum atomic E-state index is -0.592. The number of morpholine rings is 1. The van der Waals surface area contributed by atoms with E-state index in [1.807, 2.05) is 53.4 Å². The second kappa shape index (κ2) is 12.2. The summed E-state index contributed by atoms with van der Waals surface area (Å²) in [5.74, 6) is 0.684. The van der Waals surface area contributed by atoms with Crippen LogP contribution < -0.4 is 24.3 Å². The van der Waals surface area contributed by atoms with Gasteiger partial charge in [0.15, 0.2) is 17.7 Å². The molecule has 1 fully saturated rings. The number of methoxy groups -OCH3 is 2. The normalized spacial score (nSPS) is 17.1. The van der Waals surface area contributed by atoms with Gasteiger partial charge in [0.2, 0.25) is 5.84 Å². The fourth-order valence-corrected chi connectivity index (χ4v) is 5.25. The zero-order valence-corrected chi connectivity index (χ0v) is 24.0. The van der Waals surface area contributed by atoms with Crippen molar-refractivity contribution in [1.29, 1.82) is 0 Å². The fraction of sp³-hybridized carbons (Fsp3) is 0.310. The van der Waals surface area contributed by atoms with Crippen molar-refractivity contribution < 1.29 is 23.7 Å². The summed E-state index contributed by atoms with van der Waals surface area (Å²) in [7, 11) is 3.16. The van der Waals surface area contributed by atoms with Crippen LogP contribution >= 0.6 is 23.2 Å². The Morgan fingerprint density at radius 2 is 1.65 bits per heavy atom. The first-order valence-electron chi connectivity index (χ1n) is 12.9. The Labute approximate surface area is 243 Å². The summed E-state index contributed by atoms with van der Waals surface area (Å²) < 4.78 is 22.0. The van der Waals surface area contributed by atoms with Crippen LogP contribution in [-0.4, -0.2) is 58.9 Å². The highest BCUT2D eigenvalue weighted by Gasteiger charge is 2.42. The Morgan fingerprint density at radius 3 is 2.30 bits per heavy atom. The molecule has 0 unspecified atom stereocenters. The summed E-state index contributed by atoms with van der Waals surface area (Å²) in [6.07, 6.45) is -0.592. The highest BCUT2D eigenvalue weighted by molar-refractivity contribution is 6.42. The van der Waals surface area contributed by atoms with Crippen molar-refractivity contribution in [3.05, 3.63) is 76.3 Å². The first-order chi connectivity index (χ1) is 19.4. The average molecular weight is 585 g/mol. The topological polar surface area (TPSA) is 76.1 Å². The monoisotopic (exact) mass is 584 g/mol. The molecule has 0 aromatic heterocycles. The lowest BCUT2D eigenvalue weighted by molar-refractivity contribution is -0.135. The molecule has 0 aliphatic carbocycles. The molecule has 0 bridgehead atoms. The number of benzene rings is 3. The molecule has 2 aliphatic heterocycles. The van der Waals surface area contributed by atoms with Crippen LogP contribution in [0.15, 0.2) is 65.8 Å². The molecule has 40 heavy (non-hydrogen) atoms. The molecular weight excluding hydrogens is 555 g/mol. The van der Waals surface area contributed by atoms with Crippen molar-refractivity contribution >= 4 is 52.1 Å². The molecule has 3 aromatic carbocycles. The minimum absolute atomic E-state index is 0.117. The van der Waals surface area contributed by atoms with Crippen LogP contribution in [0.1, 0.15) is 18.7 Å². The van der Waals surface area contributed by atoms with E-state index >= 15 is 0 Å². The number of hydrazone groups is 1. The second-order valence-electron chi connectivity index (χ2n) is 9.06. The summed E-state index contributed by atoms with van der Waals surface area (Å²) in [5, 5.41) is 7.68. The van der Waals surface area contributed by atoms with Crippen molar-refractivity contribution in [2.45, 2.75) is 13.1 Å². The van der Waals surface area contributed by atoms with Crippen molar-refractivity contribution in [3.63, 3.8) is 0 Å². The number of ether oxygens (including phenoxy) is 4. The lowest BCUT2D eigenvalue weighted by Crippen LogP contribution is -2.39. The van der Waals surface area contributed by atoms with Crippen LogP contribution in [0.25, 0.3) is 0 Å². The number of carbonyl (C=O) groups is 1. The first kappa shape index (κ1) is 27.9. The molecule has 210 valence electrons. The molecule has 3 aromatic rings. The van der Waals surface area contributed by atoms with Gasteiger partial charge in [-0.25, -0.2) is 9.80 Å². The highest BCUT2D eigenvalue weighted by Crippen LogP contribution is 2.43. The third-order valence-electron chi connectivity index (χ3n) is 6.72. The van der Waals surface area contributed by atoms with E-state index in [4.69, 9.17) is 47.3 Å². The summed E-state index contributed by atoms with van der Waals surface area (Å²) in [4.78, 5) is 17.3. The molecule has 1 atom stereocenters. The molecule has 0 saturated carbocycles. The van der Waals surface area contributed by atoms with Gasteiger partial charge in [0.1, 0.15) is 0 Å². The Morgan fingerprint density at radius 1 is 0.950 bits per heavy atom. The van der Waals surface area contributed by atoms with Crippen molar-refractivity contribution in [2.75, 3.05) is 61.9 Å². The van der Waals surface area contributed by atoms with E-state index in [-0.39, 0.29) is 12.4 Å². The molecule has 0 N–H and O–H groups in total. The molecule has 2 aliphatic rings. The zero-order chi connectivity index (χ0) is 28.2. The maximum atomic E-state index is 13.3. The zero-order valence-electron chi connectivity index (χ0n) is 22.5. The van der Waals surface area contributed by atoms with Crippen molar-refractivity contribution in [1.82, 2.24) is 0 Å². The van der Waals surface area contributed by atoms with E-state index in [2.05, 4.69) is 4.90 Å². The number of hydrogen-bond acceptors (Lipinski definition) is 9. The Hall–Kier alpha value is -3.66. The molecule has 0 amide bonds. The molecule has 5 rings (SSSR count). The summed E-state index contributed by atoms with van der Waals surface area (Å²) in [5.41, 5.74) is 3.10. The molecule has 1 saturated heterocycles. The van der Waals surface area contributed by atoms with E-state index in [1.165, 1.54) is 0 Å². The van der Waals surface area contributed by atoms with E-state index in [0.29, 0.717) is 40.4 Å². The average Bonchev–Trinajstić information content (AvgIpc) is 3.38. The first-order valence-corrected chi connectivity index (χ1v) is 13.6. The van der Waals surface area contributed by atoms with Crippen LogP contribution in [0.4, 0.5) is 17.1 Å². The molecular formula is C29H30Cl2N4O5. The maximum Gasteiger partial charge on any atom is 0.376 e. The quantitative estimate of drug-likeness (QED) is 0.310. The van der Waals surface area contributed by atoms with Crippen LogP contribution in [0.2, 0.25) is 10.0 Å². The van der Waals surface area contributed by atoms with Crippen LogP contribution in [0.3, 0.4) is 0 Å². The van der Waals surface area contributed by atoms with Crippen molar-refractivity contribution in [2.24, 2.45) is 5.10 Å². The van der Waals surface area contributed by atoms with E-state index in [1.54, 1.807) is 38.3 Å². The summed E-state index contributed by atoms with van der Waals surface area (Å²) >= 11 is 13.0. The van der Waals surface area contributed by atoms with Gasteiger partial charge in [-0.05, 0) is 61.5 Å². The van der Waals surface area contributed by atoms with Gasteiger partial charge in [0.25, 0.3) is 0 Å². The van der Waals surface area contributed by atoms with Gasteiger partial charge >= 0.3 is 5.97 Å². The van der Waals surface area contributed by atoms with Crippen LogP contribution in [0, 0.1) is 0 Å². The number of hydrogen-bond donors (Lipinski definition) is 0. The van der Waals surface area contributed by atoms with E-state index < -0.39 is 12.1 Å². The largest absolute Gasteiger partial charge is 0.493 e. The van der Waals surface area contributed by atoms with Crippen LogP contribution in [0.5, 0.6) is 11.5 Å². The third-order valence-corrected chi connectivity index (χ3v) is 7.28. The Kier molecular flexibility index (Phi) is 8.54. The number of nitrogens with zero attached hydrogens (tertiary/aromatic N) is 4. The number of halogens is 2. The number of rotatable bonds is 8. The molecule has 2 heterocycles.